The number of carbonyl (C=O) groups is 3. The maximum Gasteiger partial charge on any atom is 0.244 e. The third-order valence-electron chi connectivity index (χ3n) is 3.66. The highest BCUT2D eigenvalue weighted by Gasteiger charge is 2.30. The number of ether oxygens (including phenoxy) is 1. The van der Waals surface area contributed by atoms with Crippen LogP contribution in [0.5, 0.6) is 5.75 Å². The van der Waals surface area contributed by atoms with Gasteiger partial charge in [0.2, 0.25) is 11.8 Å². The third-order valence-corrected chi connectivity index (χ3v) is 4.68. The lowest BCUT2D eigenvalue weighted by Crippen LogP contribution is -2.34. The summed E-state index contributed by atoms with van der Waals surface area (Å²) in [7, 11) is 0. The summed E-state index contributed by atoms with van der Waals surface area (Å²) in [4.78, 5) is 37.9. The molecular weight excluding hydrogens is 352 g/mol. The van der Waals surface area contributed by atoms with Crippen molar-refractivity contribution in [1.29, 1.82) is 0 Å². The molecule has 0 radical (unpaired) electrons. The molecule has 0 spiro atoms. The van der Waals surface area contributed by atoms with Crippen molar-refractivity contribution in [3.05, 3.63) is 35.4 Å². The molecule has 2 amide bonds. The van der Waals surface area contributed by atoms with E-state index < -0.39 is 5.41 Å². The van der Waals surface area contributed by atoms with Crippen LogP contribution in [0.15, 0.2) is 35.4 Å². The van der Waals surface area contributed by atoms with Gasteiger partial charge in [0, 0.05) is 17.2 Å². The SMILES string of the molecule is CCOc1ccc(NC(=O)CN2C(=O)CS/C2=C\C(=O)C(C)(C)C)cc1. The van der Waals surface area contributed by atoms with Gasteiger partial charge in [-0.3, -0.25) is 19.3 Å². The smallest absolute Gasteiger partial charge is 0.244 e. The number of hydrogen-bond donors (Lipinski definition) is 1. The van der Waals surface area contributed by atoms with Crippen LogP contribution in [-0.2, 0) is 14.4 Å². The molecule has 1 aromatic carbocycles. The molecule has 2 rings (SSSR count). The molecule has 1 N–H and O–H groups in total. The van der Waals surface area contributed by atoms with E-state index in [9.17, 15) is 14.4 Å². The van der Waals surface area contributed by atoms with Gasteiger partial charge in [0.1, 0.15) is 12.3 Å². The standard InChI is InChI=1S/C19H24N2O4S/c1-5-25-14-8-6-13(7-9-14)20-16(23)11-21-17(24)12-26-18(21)10-15(22)19(2,3)4/h6-10H,5,11-12H2,1-4H3,(H,20,23)/b18-10-. The number of hydrogen-bond acceptors (Lipinski definition) is 5. The second-order valence-electron chi connectivity index (χ2n) is 6.87. The van der Waals surface area contributed by atoms with Crippen LogP contribution in [0.2, 0.25) is 0 Å². The summed E-state index contributed by atoms with van der Waals surface area (Å²) in [6.07, 6.45) is 1.46. The minimum Gasteiger partial charge on any atom is -0.494 e. The number of ketones is 1. The molecule has 1 aliphatic heterocycles. The maximum atomic E-state index is 12.3. The Labute approximate surface area is 158 Å². The zero-order chi connectivity index (χ0) is 19.3. The molecule has 1 fully saturated rings. The van der Waals surface area contributed by atoms with Crippen LogP contribution in [0.3, 0.4) is 0 Å². The summed E-state index contributed by atoms with van der Waals surface area (Å²) >= 11 is 1.28. The number of anilines is 1. The number of carbonyl (C=O) groups excluding carboxylic acids is 3. The van der Waals surface area contributed by atoms with Gasteiger partial charge in [-0.15, -0.1) is 0 Å². The van der Waals surface area contributed by atoms with Crippen LogP contribution in [0.1, 0.15) is 27.7 Å². The molecular formula is C19H24N2O4S. The number of benzene rings is 1. The average Bonchev–Trinajstić information content (AvgIpc) is 2.89. The molecule has 1 aromatic rings. The van der Waals surface area contributed by atoms with Crippen molar-refractivity contribution >= 4 is 35.0 Å². The fourth-order valence-electron chi connectivity index (χ4n) is 2.17. The van der Waals surface area contributed by atoms with Crippen LogP contribution >= 0.6 is 11.8 Å². The normalized spacial score (nSPS) is 16.1. The molecule has 0 aromatic heterocycles. The Morgan fingerprint density at radius 2 is 1.92 bits per heavy atom. The van der Waals surface area contributed by atoms with Crippen LogP contribution in [0.25, 0.3) is 0 Å². The van der Waals surface area contributed by atoms with E-state index in [4.69, 9.17) is 4.74 Å². The second-order valence-corrected chi connectivity index (χ2v) is 7.87. The van der Waals surface area contributed by atoms with Crippen molar-refractivity contribution < 1.29 is 19.1 Å². The first-order valence-electron chi connectivity index (χ1n) is 8.42. The Hall–Kier alpha value is -2.28. The van der Waals surface area contributed by atoms with Crippen molar-refractivity contribution in [3.63, 3.8) is 0 Å². The lowest BCUT2D eigenvalue weighted by Gasteiger charge is -2.19. The minimum atomic E-state index is -0.532. The number of nitrogens with zero attached hydrogens (tertiary/aromatic N) is 1. The molecule has 7 heteroatoms. The van der Waals surface area contributed by atoms with E-state index in [1.807, 2.05) is 27.7 Å². The molecule has 0 saturated carbocycles. The zero-order valence-electron chi connectivity index (χ0n) is 15.5. The highest BCUT2D eigenvalue weighted by atomic mass is 32.2. The number of amides is 2. The molecule has 0 atom stereocenters. The van der Waals surface area contributed by atoms with Gasteiger partial charge < -0.3 is 10.1 Å². The number of rotatable bonds is 6. The summed E-state index contributed by atoms with van der Waals surface area (Å²) in [6.45, 7) is 7.80. The van der Waals surface area contributed by atoms with E-state index in [0.717, 1.165) is 5.75 Å². The third kappa shape index (κ3) is 5.36. The summed E-state index contributed by atoms with van der Waals surface area (Å²) in [6, 6.07) is 7.01. The van der Waals surface area contributed by atoms with Gasteiger partial charge in [-0.1, -0.05) is 32.5 Å². The van der Waals surface area contributed by atoms with E-state index in [2.05, 4.69) is 5.32 Å². The van der Waals surface area contributed by atoms with E-state index >= 15 is 0 Å². The first kappa shape index (κ1) is 20.0. The van der Waals surface area contributed by atoms with Crippen LogP contribution in [0.4, 0.5) is 5.69 Å². The Bertz CT molecular complexity index is 720. The molecule has 0 unspecified atom stereocenters. The average molecular weight is 376 g/mol. The van der Waals surface area contributed by atoms with Gasteiger partial charge in [-0.05, 0) is 31.2 Å². The maximum absolute atomic E-state index is 12.3. The van der Waals surface area contributed by atoms with Crippen LogP contribution in [-0.4, -0.2) is 41.4 Å². The highest BCUT2D eigenvalue weighted by molar-refractivity contribution is 8.04. The lowest BCUT2D eigenvalue weighted by atomic mass is 9.91. The monoisotopic (exact) mass is 376 g/mol. The summed E-state index contributed by atoms with van der Waals surface area (Å²) in [5.41, 5.74) is 0.0872. The lowest BCUT2D eigenvalue weighted by molar-refractivity contribution is -0.129. The predicted molar refractivity (Wildman–Crippen MR) is 103 cm³/mol. The van der Waals surface area contributed by atoms with Crippen molar-refractivity contribution in [3.8, 4) is 5.75 Å². The quantitative estimate of drug-likeness (QED) is 0.772. The van der Waals surface area contributed by atoms with Gasteiger partial charge in [0.25, 0.3) is 0 Å². The molecule has 26 heavy (non-hydrogen) atoms. The van der Waals surface area contributed by atoms with Crippen LogP contribution in [0, 0.1) is 5.41 Å². The Balaban J connectivity index is 2.02. The molecule has 1 heterocycles. The van der Waals surface area contributed by atoms with Crippen molar-refractivity contribution in [2.45, 2.75) is 27.7 Å². The van der Waals surface area contributed by atoms with Gasteiger partial charge in [0.05, 0.1) is 17.4 Å². The van der Waals surface area contributed by atoms with Gasteiger partial charge in [-0.2, -0.15) is 0 Å². The molecule has 1 saturated heterocycles. The summed E-state index contributed by atoms with van der Waals surface area (Å²) in [5.74, 6) is 0.387. The van der Waals surface area contributed by atoms with E-state index in [1.54, 1.807) is 24.3 Å². The van der Waals surface area contributed by atoms with E-state index in [1.165, 1.54) is 22.7 Å². The first-order valence-corrected chi connectivity index (χ1v) is 9.41. The largest absolute Gasteiger partial charge is 0.494 e. The number of thioether (sulfide) groups is 1. The van der Waals surface area contributed by atoms with Gasteiger partial charge in [-0.25, -0.2) is 0 Å². The Morgan fingerprint density at radius 1 is 1.27 bits per heavy atom. The van der Waals surface area contributed by atoms with Gasteiger partial charge >= 0.3 is 0 Å². The summed E-state index contributed by atoms with van der Waals surface area (Å²) in [5, 5.41) is 3.28. The number of allylic oxidation sites excluding steroid dienone is 1. The van der Waals surface area contributed by atoms with E-state index in [0.29, 0.717) is 17.3 Å². The minimum absolute atomic E-state index is 0.0772. The molecule has 0 bridgehead atoms. The van der Waals surface area contributed by atoms with Crippen molar-refractivity contribution in [2.24, 2.45) is 5.41 Å². The number of nitrogens with one attached hydrogen (secondary N) is 1. The van der Waals surface area contributed by atoms with Crippen LogP contribution < -0.4 is 10.1 Å². The van der Waals surface area contributed by atoms with Crippen molar-refractivity contribution in [1.82, 2.24) is 4.90 Å². The zero-order valence-corrected chi connectivity index (χ0v) is 16.3. The highest BCUT2D eigenvalue weighted by Crippen LogP contribution is 2.30. The first-order chi connectivity index (χ1) is 12.2. The molecule has 6 nitrogen and oxygen atoms in total. The second kappa shape index (κ2) is 8.40. The fraction of sp³-hybridized carbons (Fsp3) is 0.421. The Morgan fingerprint density at radius 3 is 2.50 bits per heavy atom. The molecule has 140 valence electrons. The predicted octanol–water partition coefficient (Wildman–Crippen LogP) is 3.06. The fourth-order valence-corrected chi connectivity index (χ4v) is 3.11. The molecule has 0 aliphatic carbocycles. The Kier molecular flexibility index (Phi) is 6.47. The van der Waals surface area contributed by atoms with Crippen molar-refractivity contribution in [2.75, 3.05) is 24.2 Å². The molecule has 1 aliphatic rings. The van der Waals surface area contributed by atoms with Gasteiger partial charge in [0.15, 0.2) is 5.78 Å². The topological polar surface area (TPSA) is 75.7 Å². The van der Waals surface area contributed by atoms with E-state index in [-0.39, 0.29) is 29.9 Å². The summed E-state index contributed by atoms with van der Waals surface area (Å²) < 4.78 is 5.36.